The van der Waals surface area contributed by atoms with E-state index in [-0.39, 0.29) is 28.0 Å². The molecule has 1 amide bonds. The number of hydrogen-bond donors (Lipinski definition) is 2. The maximum atomic E-state index is 13.4. The quantitative estimate of drug-likeness (QED) is 0.654. The van der Waals surface area contributed by atoms with Crippen LogP contribution in [0.5, 0.6) is 0 Å². The van der Waals surface area contributed by atoms with Gasteiger partial charge in [-0.05, 0) is 69.1 Å². The Kier molecular flexibility index (Phi) is 5.61. The summed E-state index contributed by atoms with van der Waals surface area (Å²) in [6.45, 7) is 3.41. The summed E-state index contributed by atoms with van der Waals surface area (Å²) in [5, 5.41) is 12.3. The van der Waals surface area contributed by atoms with Crippen LogP contribution in [0, 0.1) is 36.2 Å². The van der Waals surface area contributed by atoms with Crippen molar-refractivity contribution in [2.75, 3.05) is 5.32 Å². The standard InChI is InChI=1S/C23H24F3NO4S/c1-12-3-4-13(22(28)27-16-10-18(24)21(26)19(25)11-16)7-20(12)32(30,31)17-8-14-5-6-15(9-17)23(14,2)29/h3-4,7,10-11,14-15,17,29H,5-6,8-9H2,1-2H3,(H,27,28)/t14-,15?,17?,23?/m0/s1. The number of sulfone groups is 1. The maximum absolute atomic E-state index is 13.4. The molecule has 4 atom stereocenters. The fraction of sp³-hybridized carbons (Fsp3) is 0.435. The molecule has 0 aromatic heterocycles. The maximum Gasteiger partial charge on any atom is 0.255 e. The first kappa shape index (κ1) is 22.8. The highest BCUT2D eigenvalue weighted by Crippen LogP contribution is 2.51. The number of fused-ring (bicyclic) bond motifs is 2. The zero-order valence-corrected chi connectivity index (χ0v) is 18.5. The second-order valence-corrected chi connectivity index (χ2v) is 11.2. The average Bonchev–Trinajstić information content (AvgIpc) is 2.88. The minimum atomic E-state index is -3.78. The van der Waals surface area contributed by atoms with E-state index < -0.39 is 44.0 Å². The molecule has 2 aliphatic rings. The van der Waals surface area contributed by atoms with Gasteiger partial charge in [0, 0.05) is 23.4 Å². The zero-order valence-electron chi connectivity index (χ0n) is 17.7. The highest BCUT2D eigenvalue weighted by atomic mass is 32.2. The second kappa shape index (κ2) is 7.88. The third-order valence-electron chi connectivity index (χ3n) is 7.05. The number of aliphatic hydroxyl groups is 1. The van der Waals surface area contributed by atoms with Crippen molar-refractivity contribution in [2.45, 2.75) is 55.3 Å². The first-order valence-corrected chi connectivity index (χ1v) is 12.0. The molecule has 0 aliphatic heterocycles. The first-order chi connectivity index (χ1) is 14.9. The predicted molar refractivity (Wildman–Crippen MR) is 112 cm³/mol. The normalized spacial score (nSPS) is 27.4. The molecule has 0 spiro atoms. The fourth-order valence-electron chi connectivity index (χ4n) is 5.08. The number of halogens is 3. The summed E-state index contributed by atoms with van der Waals surface area (Å²) in [4.78, 5) is 12.6. The SMILES string of the molecule is Cc1ccc(C(=O)Nc2cc(F)c(F)c(F)c2)cc1S(=O)(=O)C1CC2CC[C@@H](C1)C2(C)O. The lowest BCUT2D eigenvalue weighted by Crippen LogP contribution is -2.45. The molecule has 2 bridgehead atoms. The van der Waals surface area contributed by atoms with Crippen molar-refractivity contribution in [3.8, 4) is 0 Å². The number of anilines is 1. The molecule has 2 aliphatic carbocycles. The van der Waals surface area contributed by atoms with Crippen LogP contribution in [0.4, 0.5) is 18.9 Å². The van der Waals surface area contributed by atoms with Crippen molar-refractivity contribution < 1.29 is 31.5 Å². The largest absolute Gasteiger partial charge is 0.390 e. The number of carbonyl (C=O) groups is 1. The highest BCUT2D eigenvalue weighted by molar-refractivity contribution is 7.92. The number of hydrogen-bond acceptors (Lipinski definition) is 4. The molecule has 2 N–H and O–H groups in total. The summed E-state index contributed by atoms with van der Waals surface area (Å²) in [5.74, 6) is -5.50. The van der Waals surface area contributed by atoms with Crippen LogP contribution in [0.2, 0.25) is 0 Å². The number of amides is 1. The molecule has 2 aromatic carbocycles. The summed E-state index contributed by atoms with van der Waals surface area (Å²) >= 11 is 0. The second-order valence-electron chi connectivity index (χ2n) is 9.02. The molecule has 9 heteroatoms. The molecule has 4 rings (SSSR count). The van der Waals surface area contributed by atoms with E-state index in [9.17, 15) is 31.5 Å². The molecule has 0 heterocycles. The lowest BCUT2D eigenvalue weighted by atomic mass is 9.76. The molecule has 172 valence electrons. The van der Waals surface area contributed by atoms with Gasteiger partial charge in [-0.25, -0.2) is 21.6 Å². The van der Waals surface area contributed by atoms with E-state index in [0.29, 0.717) is 30.5 Å². The average molecular weight is 468 g/mol. The number of benzene rings is 2. The summed E-state index contributed by atoms with van der Waals surface area (Å²) < 4.78 is 66.9. The van der Waals surface area contributed by atoms with E-state index in [4.69, 9.17) is 0 Å². The Hall–Kier alpha value is -2.39. The Morgan fingerprint density at radius 3 is 2.19 bits per heavy atom. The van der Waals surface area contributed by atoms with Gasteiger partial charge in [-0.1, -0.05) is 6.07 Å². The molecule has 2 aromatic rings. The number of aryl methyl sites for hydroxylation is 1. The third-order valence-corrected chi connectivity index (χ3v) is 9.36. The smallest absolute Gasteiger partial charge is 0.255 e. The van der Waals surface area contributed by atoms with Crippen LogP contribution in [-0.2, 0) is 9.84 Å². The van der Waals surface area contributed by atoms with Crippen LogP contribution in [-0.4, -0.2) is 30.3 Å². The van der Waals surface area contributed by atoms with E-state index in [0.717, 1.165) is 12.8 Å². The van der Waals surface area contributed by atoms with Gasteiger partial charge in [0.05, 0.1) is 15.7 Å². The fourth-order valence-corrected chi connectivity index (χ4v) is 7.21. The van der Waals surface area contributed by atoms with Gasteiger partial charge in [0.15, 0.2) is 27.3 Å². The van der Waals surface area contributed by atoms with Crippen molar-refractivity contribution in [3.05, 3.63) is 58.9 Å². The van der Waals surface area contributed by atoms with Gasteiger partial charge in [0.1, 0.15) is 0 Å². The van der Waals surface area contributed by atoms with Crippen molar-refractivity contribution in [2.24, 2.45) is 11.8 Å². The lowest BCUT2D eigenvalue weighted by Gasteiger charge is -2.40. The van der Waals surface area contributed by atoms with Crippen LogP contribution in [0.25, 0.3) is 0 Å². The lowest BCUT2D eigenvalue weighted by molar-refractivity contribution is -0.0413. The number of carbonyl (C=O) groups excluding carboxylic acids is 1. The van der Waals surface area contributed by atoms with Gasteiger partial charge in [0.25, 0.3) is 5.91 Å². The van der Waals surface area contributed by atoms with Gasteiger partial charge >= 0.3 is 0 Å². The van der Waals surface area contributed by atoms with Gasteiger partial charge < -0.3 is 10.4 Å². The molecule has 0 saturated heterocycles. The van der Waals surface area contributed by atoms with E-state index in [1.807, 2.05) is 0 Å². The molecule has 0 radical (unpaired) electrons. The molecular formula is C23H24F3NO4S. The Labute approximate surface area is 184 Å². The van der Waals surface area contributed by atoms with Crippen molar-refractivity contribution in [1.82, 2.24) is 0 Å². The monoisotopic (exact) mass is 467 g/mol. The van der Waals surface area contributed by atoms with Gasteiger partial charge in [0.2, 0.25) is 0 Å². The van der Waals surface area contributed by atoms with Crippen LogP contribution in [0.1, 0.15) is 48.5 Å². The molecule has 2 fully saturated rings. The molecule has 3 unspecified atom stereocenters. The van der Waals surface area contributed by atoms with Gasteiger partial charge in [-0.3, -0.25) is 4.79 Å². The van der Waals surface area contributed by atoms with E-state index >= 15 is 0 Å². The predicted octanol–water partition coefficient (Wildman–Crippen LogP) is 4.38. The third kappa shape index (κ3) is 3.81. The summed E-state index contributed by atoms with van der Waals surface area (Å²) in [6, 6.07) is 5.46. The van der Waals surface area contributed by atoms with Gasteiger partial charge in [-0.15, -0.1) is 0 Å². The molecular weight excluding hydrogens is 443 g/mol. The van der Waals surface area contributed by atoms with Crippen LogP contribution < -0.4 is 5.32 Å². The van der Waals surface area contributed by atoms with Crippen molar-refractivity contribution in [3.63, 3.8) is 0 Å². The van der Waals surface area contributed by atoms with Gasteiger partial charge in [-0.2, -0.15) is 0 Å². The van der Waals surface area contributed by atoms with Crippen molar-refractivity contribution >= 4 is 21.4 Å². The zero-order chi connectivity index (χ0) is 23.4. The topological polar surface area (TPSA) is 83.5 Å². The van der Waals surface area contributed by atoms with Crippen LogP contribution in [0.15, 0.2) is 35.2 Å². The molecule has 2 saturated carbocycles. The number of rotatable bonds is 4. The number of nitrogens with one attached hydrogen (secondary N) is 1. The van der Waals surface area contributed by atoms with E-state index in [2.05, 4.69) is 5.32 Å². The Bertz CT molecular complexity index is 1160. The first-order valence-electron chi connectivity index (χ1n) is 10.4. The Morgan fingerprint density at radius 2 is 1.62 bits per heavy atom. The van der Waals surface area contributed by atoms with Crippen molar-refractivity contribution in [1.29, 1.82) is 0 Å². The molecule has 32 heavy (non-hydrogen) atoms. The van der Waals surface area contributed by atoms with Crippen LogP contribution >= 0.6 is 0 Å². The Balaban J connectivity index is 1.61. The highest BCUT2D eigenvalue weighted by Gasteiger charge is 2.53. The summed E-state index contributed by atoms with van der Waals surface area (Å²) in [6.07, 6.45) is 2.29. The van der Waals surface area contributed by atoms with E-state index in [1.165, 1.54) is 18.2 Å². The minimum absolute atomic E-state index is 0.00917. The minimum Gasteiger partial charge on any atom is -0.390 e. The summed E-state index contributed by atoms with van der Waals surface area (Å²) in [5.41, 5.74) is -0.680. The van der Waals surface area contributed by atoms with Crippen LogP contribution in [0.3, 0.4) is 0 Å². The Morgan fingerprint density at radius 1 is 1.06 bits per heavy atom. The molecule has 5 nitrogen and oxygen atoms in total. The summed E-state index contributed by atoms with van der Waals surface area (Å²) in [7, 11) is -3.78. The van der Waals surface area contributed by atoms with E-state index in [1.54, 1.807) is 13.8 Å².